The molecule has 0 spiro atoms. The fraction of sp³-hybridized carbons (Fsp3) is 0.148. The van der Waals surface area contributed by atoms with E-state index < -0.39 is 17.0 Å². The van der Waals surface area contributed by atoms with Gasteiger partial charge in [-0.2, -0.15) is 5.26 Å². The van der Waals surface area contributed by atoms with Crippen molar-refractivity contribution in [2.75, 3.05) is 11.4 Å². The van der Waals surface area contributed by atoms with Gasteiger partial charge in [-0.1, -0.05) is 65.8 Å². The lowest BCUT2D eigenvalue weighted by molar-refractivity contribution is -0.117. The second-order valence-electron chi connectivity index (χ2n) is 7.87. The maximum Gasteiger partial charge on any atom is 0.264 e. The van der Waals surface area contributed by atoms with Crippen molar-refractivity contribution in [1.82, 2.24) is 5.32 Å². The van der Waals surface area contributed by atoms with Gasteiger partial charge in [-0.05, 0) is 60.4 Å². The van der Waals surface area contributed by atoms with Crippen molar-refractivity contribution < 1.29 is 14.0 Å². The molecule has 2 amide bonds. The lowest BCUT2D eigenvalue weighted by Gasteiger charge is -2.18. The molecule has 35 heavy (non-hydrogen) atoms. The number of hydrogen-bond acceptors (Lipinski definition) is 4. The Morgan fingerprint density at radius 2 is 1.77 bits per heavy atom. The van der Waals surface area contributed by atoms with E-state index in [0.717, 1.165) is 22.9 Å². The molecule has 0 aromatic heterocycles. The van der Waals surface area contributed by atoms with Crippen LogP contribution in [0.2, 0.25) is 5.02 Å². The number of rotatable bonds is 7. The van der Waals surface area contributed by atoms with Gasteiger partial charge in [0.05, 0.1) is 5.25 Å². The SMILES string of the molecule is N#CC(C(=O)NCCc1ccccc1)=C1SC(Cc2cccc(Cl)c2)C(=O)N1c1ccc(F)cc1. The number of anilines is 1. The van der Waals surface area contributed by atoms with Crippen LogP contribution in [0, 0.1) is 17.1 Å². The Bertz CT molecular complexity index is 1310. The van der Waals surface area contributed by atoms with Gasteiger partial charge >= 0.3 is 0 Å². The predicted octanol–water partition coefficient (Wildman–Crippen LogP) is 5.26. The van der Waals surface area contributed by atoms with E-state index in [0.29, 0.717) is 30.1 Å². The van der Waals surface area contributed by atoms with Crippen molar-refractivity contribution in [1.29, 1.82) is 5.26 Å². The molecule has 3 aromatic carbocycles. The van der Waals surface area contributed by atoms with Crippen LogP contribution in [-0.4, -0.2) is 23.6 Å². The third-order valence-corrected chi connectivity index (χ3v) is 6.94. The summed E-state index contributed by atoms with van der Waals surface area (Å²) >= 11 is 7.25. The number of nitriles is 1. The molecule has 0 saturated carbocycles. The molecule has 3 aromatic rings. The third kappa shape index (κ3) is 5.91. The van der Waals surface area contributed by atoms with Crippen LogP contribution in [0.5, 0.6) is 0 Å². The summed E-state index contributed by atoms with van der Waals surface area (Å²) in [4.78, 5) is 27.7. The number of carbonyl (C=O) groups is 2. The number of carbonyl (C=O) groups excluding carboxylic acids is 2. The Morgan fingerprint density at radius 3 is 2.46 bits per heavy atom. The third-order valence-electron chi connectivity index (χ3n) is 5.44. The topological polar surface area (TPSA) is 73.2 Å². The van der Waals surface area contributed by atoms with Crippen LogP contribution < -0.4 is 10.2 Å². The van der Waals surface area contributed by atoms with Gasteiger partial charge in [0.2, 0.25) is 5.91 Å². The van der Waals surface area contributed by atoms with Crippen LogP contribution in [0.3, 0.4) is 0 Å². The van der Waals surface area contributed by atoms with E-state index >= 15 is 0 Å². The fourth-order valence-electron chi connectivity index (χ4n) is 3.74. The summed E-state index contributed by atoms with van der Waals surface area (Å²) in [6.07, 6.45) is 0.964. The van der Waals surface area contributed by atoms with E-state index in [1.807, 2.05) is 42.5 Å². The smallest absolute Gasteiger partial charge is 0.264 e. The van der Waals surface area contributed by atoms with Gasteiger partial charge in [0, 0.05) is 17.3 Å². The van der Waals surface area contributed by atoms with Crippen LogP contribution in [0.1, 0.15) is 11.1 Å². The molecule has 1 atom stereocenters. The van der Waals surface area contributed by atoms with Crippen LogP contribution in [0.25, 0.3) is 0 Å². The summed E-state index contributed by atoms with van der Waals surface area (Å²) in [7, 11) is 0. The zero-order chi connectivity index (χ0) is 24.8. The standard InChI is InChI=1S/C27H21ClFN3O2S/c28-20-8-4-7-19(15-20)16-24-26(34)32(22-11-9-21(29)10-12-22)27(35-24)23(17-30)25(33)31-14-13-18-5-2-1-3-6-18/h1-12,15,24H,13-14,16H2,(H,31,33). The lowest BCUT2D eigenvalue weighted by Crippen LogP contribution is -2.32. The molecule has 176 valence electrons. The van der Waals surface area contributed by atoms with Crippen LogP contribution in [0.15, 0.2) is 89.5 Å². The van der Waals surface area contributed by atoms with Gasteiger partial charge in [-0.3, -0.25) is 14.5 Å². The second-order valence-corrected chi connectivity index (χ2v) is 9.50. The Kier molecular flexibility index (Phi) is 7.86. The minimum absolute atomic E-state index is 0.158. The monoisotopic (exact) mass is 505 g/mol. The van der Waals surface area contributed by atoms with Crippen molar-refractivity contribution in [3.05, 3.63) is 111 Å². The number of benzene rings is 3. The second kappa shape index (κ2) is 11.2. The fourth-order valence-corrected chi connectivity index (χ4v) is 5.26. The Hall–Kier alpha value is -3.60. The molecule has 0 radical (unpaired) electrons. The van der Waals surface area contributed by atoms with Crippen molar-refractivity contribution >= 4 is 40.9 Å². The number of amides is 2. The highest BCUT2D eigenvalue weighted by molar-refractivity contribution is 8.05. The quantitative estimate of drug-likeness (QED) is 0.351. The maximum absolute atomic E-state index is 13.6. The summed E-state index contributed by atoms with van der Waals surface area (Å²) in [5.41, 5.74) is 2.14. The summed E-state index contributed by atoms with van der Waals surface area (Å²) in [6, 6.07) is 24.2. The highest BCUT2D eigenvalue weighted by Crippen LogP contribution is 2.42. The Morgan fingerprint density at radius 1 is 1.06 bits per heavy atom. The van der Waals surface area contributed by atoms with E-state index in [-0.39, 0.29) is 16.5 Å². The van der Waals surface area contributed by atoms with E-state index in [1.54, 1.807) is 18.2 Å². The average molecular weight is 506 g/mol. The molecule has 0 bridgehead atoms. The van der Waals surface area contributed by atoms with E-state index in [9.17, 15) is 19.2 Å². The first-order valence-electron chi connectivity index (χ1n) is 10.9. The van der Waals surface area contributed by atoms with E-state index in [2.05, 4.69) is 5.32 Å². The van der Waals surface area contributed by atoms with Crippen molar-refractivity contribution in [2.45, 2.75) is 18.1 Å². The predicted molar refractivity (Wildman–Crippen MR) is 136 cm³/mol. The van der Waals surface area contributed by atoms with Gasteiger partial charge in [0.15, 0.2) is 0 Å². The molecule has 5 nitrogen and oxygen atoms in total. The summed E-state index contributed by atoms with van der Waals surface area (Å²) in [5.74, 6) is -1.30. The van der Waals surface area contributed by atoms with Crippen LogP contribution in [-0.2, 0) is 22.4 Å². The van der Waals surface area contributed by atoms with E-state index in [4.69, 9.17) is 11.6 Å². The average Bonchev–Trinajstić information content (AvgIpc) is 3.16. The first-order valence-corrected chi connectivity index (χ1v) is 12.2. The molecule has 1 fully saturated rings. The Labute approximate surface area is 212 Å². The highest BCUT2D eigenvalue weighted by atomic mass is 35.5. The number of nitrogens with zero attached hydrogens (tertiary/aromatic N) is 2. The minimum atomic E-state index is -0.575. The molecule has 1 saturated heterocycles. The molecule has 1 aliphatic rings. The molecule has 0 aliphatic carbocycles. The number of hydrogen-bond donors (Lipinski definition) is 1. The Balaban J connectivity index is 1.62. The van der Waals surface area contributed by atoms with Gasteiger partial charge in [0.25, 0.3) is 5.91 Å². The maximum atomic E-state index is 13.6. The number of nitrogens with one attached hydrogen (secondary N) is 1. The van der Waals surface area contributed by atoms with E-state index in [1.165, 1.54) is 29.2 Å². The van der Waals surface area contributed by atoms with Gasteiger partial charge in [-0.25, -0.2) is 4.39 Å². The van der Waals surface area contributed by atoms with Crippen LogP contribution >= 0.6 is 23.4 Å². The van der Waals surface area contributed by atoms with Crippen molar-refractivity contribution in [3.63, 3.8) is 0 Å². The minimum Gasteiger partial charge on any atom is -0.351 e. The summed E-state index contributed by atoms with van der Waals surface area (Å²) in [5, 5.41) is 12.9. The molecular formula is C27H21ClFN3O2S. The highest BCUT2D eigenvalue weighted by Gasteiger charge is 2.40. The number of thioether (sulfide) groups is 1. The molecule has 8 heteroatoms. The zero-order valence-electron chi connectivity index (χ0n) is 18.6. The summed E-state index contributed by atoms with van der Waals surface area (Å²) < 4.78 is 13.6. The molecule has 1 heterocycles. The molecule has 1 N–H and O–H groups in total. The van der Waals surface area contributed by atoms with Crippen molar-refractivity contribution in [3.8, 4) is 6.07 Å². The van der Waals surface area contributed by atoms with Gasteiger partial charge < -0.3 is 5.32 Å². The molecule has 1 aliphatic heterocycles. The van der Waals surface area contributed by atoms with Crippen LogP contribution in [0.4, 0.5) is 10.1 Å². The summed E-state index contributed by atoms with van der Waals surface area (Å²) in [6.45, 7) is 0.336. The normalized spacial score (nSPS) is 16.7. The molecule has 1 unspecified atom stereocenters. The first kappa shape index (κ1) is 24.5. The van der Waals surface area contributed by atoms with Gasteiger partial charge in [0.1, 0.15) is 22.5 Å². The molecule has 4 rings (SSSR count). The lowest BCUT2D eigenvalue weighted by atomic mass is 10.1. The molecular weight excluding hydrogens is 485 g/mol. The largest absolute Gasteiger partial charge is 0.351 e. The zero-order valence-corrected chi connectivity index (χ0v) is 20.2. The number of halogens is 2. The van der Waals surface area contributed by atoms with Crippen molar-refractivity contribution in [2.24, 2.45) is 0 Å². The first-order chi connectivity index (χ1) is 17.0. The van der Waals surface area contributed by atoms with Gasteiger partial charge in [-0.15, -0.1) is 0 Å².